The van der Waals surface area contributed by atoms with Crippen molar-refractivity contribution in [2.24, 2.45) is 5.92 Å². The van der Waals surface area contributed by atoms with Gasteiger partial charge in [-0.15, -0.1) is 0 Å². The molecule has 22 heavy (non-hydrogen) atoms. The molecule has 4 nitrogen and oxygen atoms in total. The third kappa shape index (κ3) is 5.68. The highest BCUT2D eigenvalue weighted by atomic mass is 35.5. The van der Waals surface area contributed by atoms with Crippen molar-refractivity contribution in [1.82, 2.24) is 5.32 Å². The van der Waals surface area contributed by atoms with Gasteiger partial charge in [-0.3, -0.25) is 9.59 Å². The zero-order chi connectivity index (χ0) is 16.5. The zero-order valence-electron chi connectivity index (χ0n) is 13.5. The Morgan fingerprint density at radius 3 is 2.59 bits per heavy atom. The lowest BCUT2D eigenvalue weighted by Crippen LogP contribution is -2.38. The molecule has 1 atom stereocenters. The second-order valence-electron chi connectivity index (χ2n) is 5.49. The third-order valence-electron chi connectivity index (χ3n) is 3.82. The number of amides is 2. The molecule has 0 aliphatic rings. The van der Waals surface area contributed by atoms with E-state index in [1.807, 2.05) is 0 Å². The second-order valence-corrected chi connectivity index (χ2v) is 5.90. The Morgan fingerprint density at radius 1 is 1.23 bits per heavy atom. The van der Waals surface area contributed by atoms with Crippen LogP contribution >= 0.6 is 11.6 Å². The highest BCUT2D eigenvalue weighted by molar-refractivity contribution is 6.40. The van der Waals surface area contributed by atoms with Crippen LogP contribution in [-0.2, 0) is 9.59 Å². The summed E-state index contributed by atoms with van der Waals surface area (Å²) in [4.78, 5) is 23.8. The molecule has 122 valence electrons. The Kier molecular flexibility index (Phi) is 7.96. The molecule has 0 spiro atoms. The number of hydrogen-bond acceptors (Lipinski definition) is 2. The number of carbonyl (C=O) groups excluding carboxylic acids is 2. The lowest BCUT2D eigenvalue weighted by Gasteiger charge is -2.15. The Labute approximate surface area is 137 Å². The first-order chi connectivity index (χ1) is 10.5. The lowest BCUT2D eigenvalue weighted by molar-refractivity contribution is -0.136. The molecular weight excluding hydrogens is 300 g/mol. The summed E-state index contributed by atoms with van der Waals surface area (Å²) in [5.41, 5.74) is 1.31. The fraction of sp³-hybridized carbons (Fsp3) is 0.529. The number of benzene rings is 1. The molecule has 5 heteroatoms. The molecule has 1 aromatic carbocycles. The monoisotopic (exact) mass is 324 g/mol. The van der Waals surface area contributed by atoms with E-state index >= 15 is 0 Å². The topological polar surface area (TPSA) is 58.2 Å². The van der Waals surface area contributed by atoms with Crippen molar-refractivity contribution in [3.05, 3.63) is 28.8 Å². The van der Waals surface area contributed by atoms with Crippen molar-refractivity contribution in [2.45, 2.75) is 46.5 Å². The van der Waals surface area contributed by atoms with Crippen LogP contribution in [0.2, 0.25) is 5.02 Å². The molecule has 0 aliphatic carbocycles. The standard InChI is InChI=1S/C17H25ClN2O2/c1-4-6-8-13(5-2)11-19-16(21)17(22)20-15-10-7-9-14(18)12(15)3/h7,9-10,13H,4-6,8,11H2,1-3H3,(H,19,21)(H,20,22)/t13-/m1/s1. The maximum Gasteiger partial charge on any atom is 0.313 e. The summed E-state index contributed by atoms with van der Waals surface area (Å²) in [6.45, 7) is 6.58. The van der Waals surface area contributed by atoms with Crippen LogP contribution in [0.4, 0.5) is 5.69 Å². The molecule has 0 saturated carbocycles. The van der Waals surface area contributed by atoms with Crippen molar-refractivity contribution in [3.63, 3.8) is 0 Å². The van der Waals surface area contributed by atoms with Crippen molar-refractivity contribution < 1.29 is 9.59 Å². The van der Waals surface area contributed by atoms with Crippen LogP contribution in [0.25, 0.3) is 0 Å². The summed E-state index contributed by atoms with van der Waals surface area (Å²) in [5.74, 6) is -0.838. The predicted octanol–water partition coefficient (Wildman–Crippen LogP) is 3.92. The molecule has 0 unspecified atom stereocenters. The lowest BCUT2D eigenvalue weighted by atomic mass is 9.99. The normalized spacial score (nSPS) is 11.8. The molecular formula is C17H25ClN2O2. The molecule has 0 saturated heterocycles. The SMILES string of the molecule is CCCC[C@@H](CC)CNC(=O)C(=O)Nc1cccc(Cl)c1C. The van der Waals surface area contributed by atoms with E-state index in [0.717, 1.165) is 31.2 Å². The van der Waals surface area contributed by atoms with Gasteiger partial charge < -0.3 is 10.6 Å². The van der Waals surface area contributed by atoms with E-state index < -0.39 is 11.8 Å². The molecule has 0 aliphatic heterocycles. The van der Waals surface area contributed by atoms with E-state index in [1.54, 1.807) is 25.1 Å². The van der Waals surface area contributed by atoms with Crippen molar-refractivity contribution in [1.29, 1.82) is 0 Å². The van der Waals surface area contributed by atoms with Gasteiger partial charge in [0.15, 0.2) is 0 Å². The van der Waals surface area contributed by atoms with Gasteiger partial charge >= 0.3 is 11.8 Å². The summed E-state index contributed by atoms with van der Waals surface area (Å²) >= 11 is 6.00. The van der Waals surface area contributed by atoms with Gasteiger partial charge in [0.2, 0.25) is 0 Å². The Bertz CT molecular complexity index is 517. The summed E-state index contributed by atoms with van der Waals surface area (Å²) in [7, 11) is 0. The predicted molar refractivity (Wildman–Crippen MR) is 91.1 cm³/mol. The Morgan fingerprint density at radius 2 is 1.95 bits per heavy atom. The number of nitrogens with one attached hydrogen (secondary N) is 2. The van der Waals surface area contributed by atoms with Gasteiger partial charge in [0, 0.05) is 17.3 Å². The van der Waals surface area contributed by atoms with Crippen LogP contribution in [0, 0.1) is 12.8 Å². The highest BCUT2D eigenvalue weighted by Crippen LogP contribution is 2.22. The van der Waals surface area contributed by atoms with Crippen molar-refractivity contribution in [3.8, 4) is 0 Å². The Balaban J connectivity index is 2.51. The zero-order valence-corrected chi connectivity index (χ0v) is 14.3. The maximum absolute atomic E-state index is 11.9. The molecule has 2 amide bonds. The van der Waals surface area contributed by atoms with Crippen molar-refractivity contribution in [2.75, 3.05) is 11.9 Å². The average molecular weight is 325 g/mol. The van der Waals surface area contributed by atoms with Crippen LogP contribution in [-0.4, -0.2) is 18.4 Å². The number of anilines is 1. The summed E-state index contributed by atoms with van der Waals surface area (Å²) in [6.07, 6.45) is 4.35. The van der Waals surface area contributed by atoms with E-state index in [1.165, 1.54) is 0 Å². The van der Waals surface area contributed by atoms with Gasteiger partial charge in [0.25, 0.3) is 0 Å². The smallest absolute Gasteiger partial charge is 0.313 e. The molecule has 0 heterocycles. The van der Waals surface area contributed by atoms with Crippen molar-refractivity contribution >= 4 is 29.1 Å². The largest absolute Gasteiger partial charge is 0.348 e. The first-order valence-electron chi connectivity index (χ1n) is 7.83. The van der Waals surface area contributed by atoms with Gasteiger partial charge in [0.05, 0.1) is 0 Å². The van der Waals surface area contributed by atoms with Crippen LogP contribution in [0.3, 0.4) is 0 Å². The fourth-order valence-electron chi connectivity index (χ4n) is 2.18. The van der Waals surface area contributed by atoms with Gasteiger partial charge in [0.1, 0.15) is 0 Å². The van der Waals surface area contributed by atoms with Crippen LogP contribution in [0.5, 0.6) is 0 Å². The number of hydrogen-bond donors (Lipinski definition) is 2. The molecule has 0 radical (unpaired) electrons. The third-order valence-corrected chi connectivity index (χ3v) is 4.23. The fourth-order valence-corrected chi connectivity index (χ4v) is 2.36. The number of unbranched alkanes of at least 4 members (excludes halogenated alkanes) is 1. The minimum Gasteiger partial charge on any atom is -0.348 e. The number of rotatable bonds is 7. The second kappa shape index (κ2) is 9.46. The van der Waals surface area contributed by atoms with E-state index in [2.05, 4.69) is 24.5 Å². The number of halogens is 1. The molecule has 1 rings (SSSR count). The van der Waals surface area contributed by atoms with Gasteiger partial charge in [-0.1, -0.05) is 50.8 Å². The van der Waals surface area contributed by atoms with E-state index in [0.29, 0.717) is 23.2 Å². The van der Waals surface area contributed by atoms with E-state index in [9.17, 15) is 9.59 Å². The minimum absolute atomic E-state index is 0.421. The summed E-state index contributed by atoms with van der Waals surface area (Å²) in [6, 6.07) is 5.20. The van der Waals surface area contributed by atoms with Gasteiger partial charge in [-0.25, -0.2) is 0 Å². The molecule has 2 N–H and O–H groups in total. The van der Waals surface area contributed by atoms with Gasteiger partial charge in [-0.2, -0.15) is 0 Å². The van der Waals surface area contributed by atoms with E-state index in [-0.39, 0.29) is 0 Å². The van der Waals surface area contributed by atoms with Crippen LogP contribution in [0.1, 0.15) is 45.1 Å². The first-order valence-corrected chi connectivity index (χ1v) is 8.21. The molecule has 1 aromatic rings. The maximum atomic E-state index is 11.9. The molecule has 0 bridgehead atoms. The summed E-state index contributed by atoms with van der Waals surface area (Å²) < 4.78 is 0. The average Bonchev–Trinajstić information content (AvgIpc) is 2.51. The minimum atomic E-state index is -0.657. The summed E-state index contributed by atoms with van der Waals surface area (Å²) in [5, 5.41) is 5.87. The quantitative estimate of drug-likeness (QED) is 0.747. The molecule has 0 aromatic heterocycles. The van der Waals surface area contributed by atoms with Gasteiger partial charge in [-0.05, 0) is 37.0 Å². The first kappa shape index (κ1) is 18.5. The van der Waals surface area contributed by atoms with Crippen LogP contribution in [0.15, 0.2) is 18.2 Å². The molecule has 0 fully saturated rings. The Hall–Kier alpha value is -1.55. The number of carbonyl (C=O) groups is 2. The van der Waals surface area contributed by atoms with E-state index in [4.69, 9.17) is 11.6 Å². The highest BCUT2D eigenvalue weighted by Gasteiger charge is 2.16. The van der Waals surface area contributed by atoms with Crippen LogP contribution < -0.4 is 10.6 Å².